The Bertz CT molecular complexity index is 746. The van der Waals surface area contributed by atoms with Crippen molar-refractivity contribution < 1.29 is 14.4 Å². The van der Waals surface area contributed by atoms with Crippen molar-refractivity contribution in [3.63, 3.8) is 0 Å². The van der Waals surface area contributed by atoms with Gasteiger partial charge in [0.05, 0.1) is 6.07 Å². The number of primary amides is 1. The summed E-state index contributed by atoms with van der Waals surface area (Å²) in [6.07, 6.45) is 0.908. The fourth-order valence-electron chi connectivity index (χ4n) is 3.14. The van der Waals surface area contributed by atoms with Gasteiger partial charge in [0, 0.05) is 17.4 Å². The largest absolute Gasteiger partial charge is 0.369 e. The second-order valence-electron chi connectivity index (χ2n) is 7.54. The summed E-state index contributed by atoms with van der Waals surface area (Å²) >= 11 is 0. The number of benzene rings is 1. The van der Waals surface area contributed by atoms with Crippen LogP contribution in [0.4, 0.5) is 0 Å². The van der Waals surface area contributed by atoms with Gasteiger partial charge in [-0.15, -0.1) is 0 Å². The van der Waals surface area contributed by atoms with Crippen molar-refractivity contribution in [1.29, 1.82) is 5.26 Å². The lowest BCUT2D eigenvalue weighted by Gasteiger charge is -2.40. The molecule has 2 rings (SSSR count). The fourth-order valence-corrected chi connectivity index (χ4v) is 3.14. The van der Waals surface area contributed by atoms with Crippen LogP contribution in [0.2, 0.25) is 0 Å². The first kappa shape index (κ1) is 20.6. The molecule has 0 saturated carbocycles. The highest BCUT2D eigenvalue weighted by Crippen LogP contribution is 2.30. The minimum absolute atomic E-state index is 0.0363. The Morgan fingerprint density at radius 3 is 2.33 bits per heavy atom. The number of carbonyl (C=O) groups is 3. The van der Waals surface area contributed by atoms with Gasteiger partial charge in [-0.2, -0.15) is 5.26 Å². The zero-order valence-electron chi connectivity index (χ0n) is 15.8. The summed E-state index contributed by atoms with van der Waals surface area (Å²) in [5.41, 5.74) is 3.68. The van der Waals surface area contributed by atoms with E-state index in [9.17, 15) is 19.6 Å². The number of carbonyl (C=O) groups excluding carboxylic acids is 3. The zero-order valence-corrected chi connectivity index (χ0v) is 15.8. The molecule has 0 aliphatic carbocycles. The molecule has 1 aromatic rings. The predicted molar refractivity (Wildman–Crippen MR) is 100 cm³/mol. The number of hydrogen-bond acceptors (Lipinski definition) is 5. The topological polar surface area (TPSA) is 116 Å². The van der Waals surface area contributed by atoms with Crippen molar-refractivity contribution in [2.75, 3.05) is 13.1 Å². The van der Waals surface area contributed by atoms with E-state index in [1.54, 1.807) is 44.2 Å². The molecular weight excluding hydrogens is 344 g/mol. The van der Waals surface area contributed by atoms with E-state index in [0.717, 1.165) is 4.90 Å². The lowest BCUT2D eigenvalue weighted by molar-refractivity contribution is -0.134. The Balaban J connectivity index is 2.35. The molecule has 0 bridgehead atoms. The number of nitrogens with zero attached hydrogens (tertiary/aromatic N) is 2. The van der Waals surface area contributed by atoms with Gasteiger partial charge in [0.1, 0.15) is 5.54 Å². The molecule has 1 heterocycles. The third-order valence-corrected chi connectivity index (χ3v) is 5.17. The van der Waals surface area contributed by atoms with E-state index in [4.69, 9.17) is 5.73 Å². The zero-order chi connectivity index (χ0) is 20.1. The summed E-state index contributed by atoms with van der Waals surface area (Å²) in [6.45, 7) is 4.42. The van der Waals surface area contributed by atoms with E-state index in [0.29, 0.717) is 31.5 Å². The van der Waals surface area contributed by atoms with Crippen LogP contribution < -0.4 is 11.1 Å². The first-order valence-electron chi connectivity index (χ1n) is 9.08. The van der Waals surface area contributed by atoms with E-state index in [1.165, 1.54) is 0 Å². The maximum atomic E-state index is 13.1. The maximum Gasteiger partial charge on any atom is 0.261 e. The number of nitrogens with two attached hydrogens (primary N) is 1. The summed E-state index contributed by atoms with van der Waals surface area (Å²) in [5, 5.41) is 13.0. The van der Waals surface area contributed by atoms with Crippen molar-refractivity contribution in [3.8, 4) is 6.07 Å². The molecule has 7 heteroatoms. The number of nitrogens with one attached hydrogen (secondary N) is 1. The van der Waals surface area contributed by atoms with Crippen LogP contribution in [0.3, 0.4) is 0 Å². The normalized spacial score (nSPS) is 16.2. The van der Waals surface area contributed by atoms with Gasteiger partial charge in [0.2, 0.25) is 11.8 Å². The van der Waals surface area contributed by atoms with Crippen molar-refractivity contribution >= 4 is 17.7 Å². The second kappa shape index (κ2) is 8.31. The highest BCUT2D eigenvalue weighted by atomic mass is 16.2. The van der Waals surface area contributed by atoms with Crippen LogP contribution in [-0.2, 0) is 9.59 Å². The highest BCUT2D eigenvalue weighted by Gasteiger charge is 2.45. The van der Waals surface area contributed by atoms with Gasteiger partial charge in [-0.25, -0.2) is 0 Å². The van der Waals surface area contributed by atoms with Crippen molar-refractivity contribution in [1.82, 2.24) is 10.2 Å². The van der Waals surface area contributed by atoms with E-state index in [2.05, 4.69) is 11.4 Å². The third kappa shape index (κ3) is 4.52. The van der Waals surface area contributed by atoms with Gasteiger partial charge in [-0.1, -0.05) is 32.0 Å². The van der Waals surface area contributed by atoms with Crippen LogP contribution in [0, 0.1) is 16.7 Å². The quantitative estimate of drug-likeness (QED) is 0.789. The number of amides is 3. The Morgan fingerprint density at radius 1 is 1.22 bits per heavy atom. The molecule has 27 heavy (non-hydrogen) atoms. The number of imide groups is 1. The summed E-state index contributed by atoms with van der Waals surface area (Å²) in [5.74, 6) is -1.45. The van der Waals surface area contributed by atoms with Crippen LogP contribution in [0.25, 0.3) is 0 Å². The molecule has 0 unspecified atom stereocenters. The number of nitriles is 1. The summed E-state index contributed by atoms with van der Waals surface area (Å²) in [6, 6.07) is 10.7. The van der Waals surface area contributed by atoms with E-state index >= 15 is 0 Å². The Hall–Kier alpha value is -2.72. The van der Waals surface area contributed by atoms with Gasteiger partial charge >= 0.3 is 0 Å². The Labute approximate surface area is 159 Å². The predicted octanol–water partition coefficient (Wildman–Crippen LogP) is 1.59. The number of rotatable bonds is 6. The molecule has 0 atom stereocenters. The molecule has 144 valence electrons. The highest BCUT2D eigenvalue weighted by molar-refractivity contribution is 6.05. The van der Waals surface area contributed by atoms with Crippen molar-refractivity contribution in [3.05, 3.63) is 35.9 Å². The molecule has 0 radical (unpaired) electrons. The van der Waals surface area contributed by atoms with Crippen molar-refractivity contribution in [2.45, 2.75) is 45.1 Å². The first-order valence-corrected chi connectivity index (χ1v) is 9.08. The minimum Gasteiger partial charge on any atom is -0.369 e. The molecule has 0 aromatic heterocycles. The third-order valence-electron chi connectivity index (χ3n) is 5.17. The Morgan fingerprint density at radius 2 is 1.81 bits per heavy atom. The molecule has 1 fully saturated rings. The van der Waals surface area contributed by atoms with Gasteiger partial charge in [-0.3, -0.25) is 19.3 Å². The summed E-state index contributed by atoms with van der Waals surface area (Å²) in [7, 11) is 0. The molecule has 1 aliphatic heterocycles. The second-order valence-corrected chi connectivity index (χ2v) is 7.54. The van der Waals surface area contributed by atoms with Gasteiger partial charge in [0.15, 0.2) is 0 Å². The standard InChI is InChI=1S/C20H26N4O3/c1-19(2,18(22)27)9-8-16(25)24(17(26)15-6-4-3-5-7-15)20(14-21)10-12-23-13-11-20/h3-7,23H,8-13H2,1-2H3,(H2,22,27). The average Bonchev–Trinajstić information content (AvgIpc) is 2.67. The molecule has 3 amide bonds. The molecule has 3 N–H and O–H groups in total. The number of hydrogen-bond donors (Lipinski definition) is 2. The minimum atomic E-state index is -1.19. The van der Waals surface area contributed by atoms with Crippen LogP contribution >= 0.6 is 0 Å². The monoisotopic (exact) mass is 370 g/mol. The molecule has 1 saturated heterocycles. The Kier molecular flexibility index (Phi) is 6.34. The van der Waals surface area contributed by atoms with Crippen LogP contribution in [-0.4, -0.2) is 41.2 Å². The molecule has 0 spiro atoms. The maximum absolute atomic E-state index is 13.1. The van der Waals surface area contributed by atoms with Crippen LogP contribution in [0.5, 0.6) is 0 Å². The van der Waals surface area contributed by atoms with E-state index in [1.807, 2.05) is 0 Å². The van der Waals surface area contributed by atoms with Gasteiger partial charge < -0.3 is 11.1 Å². The molecular formula is C20H26N4O3. The SMILES string of the molecule is CC(C)(CCC(=O)N(C(=O)c1ccccc1)C1(C#N)CCNCC1)C(N)=O. The smallest absolute Gasteiger partial charge is 0.261 e. The molecule has 1 aliphatic rings. The van der Waals surface area contributed by atoms with Gasteiger partial charge in [-0.05, 0) is 44.5 Å². The van der Waals surface area contributed by atoms with Crippen LogP contribution in [0.15, 0.2) is 30.3 Å². The van der Waals surface area contributed by atoms with Gasteiger partial charge in [0.25, 0.3) is 5.91 Å². The number of piperidine rings is 1. The van der Waals surface area contributed by atoms with E-state index < -0.39 is 28.7 Å². The molecule has 1 aromatic carbocycles. The van der Waals surface area contributed by atoms with E-state index in [-0.39, 0.29) is 12.8 Å². The average molecular weight is 370 g/mol. The summed E-state index contributed by atoms with van der Waals surface area (Å²) in [4.78, 5) is 38.9. The lowest BCUT2D eigenvalue weighted by Crippen LogP contribution is -2.58. The van der Waals surface area contributed by atoms with Crippen LogP contribution in [0.1, 0.15) is 49.9 Å². The fraction of sp³-hybridized carbons (Fsp3) is 0.500. The molecule has 7 nitrogen and oxygen atoms in total. The summed E-state index contributed by atoms with van der Waals surface area (Å²) < 4.78 is 0. The first-order chi connectivity index (χ1) is 12.7. The van der Waals surface area contributed by atoms with Crippen molar-refractivity contribution in [2.24, 2.45) is 11.1 Å². The lowest BCUT2D eigenvalue weighted by atomic mass is 9.84.